The maximum Gasteiger partial charge on any atom is 0.258 e. The molecule has 1 atom stereocenters. The van der Waals surface area contributed by atoms with Gasteiger partial charge in [-0.15, -0.1) is 0 Å². The summed E-state index contributed by atoms with van der Waals surface area (Å²) in [5.41, 5.74) is 8.79. The quantitative estimate of drug-likeness (QED) is 0.578. The molecule has 0 unspecified atom stereocenters. The Balaban J connectivity index is 1.58. The molecular formula is C23H25N5O5S. The lowest BCUT2D eigenvalue weighted by Gasteiger charge is -2.20. The molecule has 1 heterocycles. The van der Waals surface area contributed by atoms with E-state index in [2.05, 4.69) is 20.9 Å². The summed E-state index contributed by atoms with van der Waals surface area (Å²) < 4.78 is 38.1. The summed E-state index contributed by atoms with van der Waals surface area (Å²) in [5.74, 6) is -0.473. The molecule has 1 amide bonds. The van der Waals surface area contributed by atoms with Crippen molar-refractivity contribution in [1.29, 1.82) is 5.26 Å². The molecule has 2 aromatic rings. The number of aromatic nitrogens is 2. The van der Waals surface area contributed by atoms with Gasteiger partial charge in [0.25, 0.3) is 5.89 Å². The molecular weight excluding hydrogens is 458 g/mol. The highest BCUT2D eigenvalue weighted by molar-refractivity contribution is 7.90. The molecule has 0 aliphatic heterocycles. The summed E-state index contributed by atoms with van der Waals surface area (Å²) in [5, 5.41) is 13.6. The van der Waals surface area contributed by atoms with Crippen molar-refractivity contribution in [3.05, 3.63) is 46.8 Å². The van der Waals surface area contributed by atoms with Gasteiger partial charge >= 0.3 is 0 Å². The number of ether oxygens (including phenoxy) is 1. The van der Waals surface area contributed by atoms with Crippen LogP contribution in [0.15, 0.2) is 39.9 Å². The summed E-state index contributed by atoms with van der Waals surface area (Å²) in [7, 11) is -3.81. The Morgan fingerprint density at radius 1 is 1.38 bits per heavy atom. The molecule has 0 spiro atoms. The fraction of sp³-hybridized carbons (Fsp3) is 0.391. The number of nitrogens with one attached hydrogen (secondary N) is 1. The van der Waals surface area contributed by atoms with E-state index in [0.717, 1.165) is 16.7 Å². The van der Waals surface area contributed by atoms with Crippen molar-refractivity contribution in [3.63, 3.8) is 0 Å². The van der Waals surface area contributed by atoms with Crippen LogP contribution in [-0.4, -0.2) is 42.4 Å². The van der Waals surface area contributed by atoms with Gasteiger partial charge in [-0.2, -0.15) is 10.2 Å². The van der Waals surface area contributed by atoms with Gasteiger partial charge in [0.2, 0.25) is 21.8 Å². The van der Waals surface area contributed by atoms with Crippen LogP contribution in [0.2, 0.25) is 0 Å². The first-order chi connectivity index (χ1) is 16.2. The monoisotopic (exact) mass is 483 g/mol. The van der Waals surface area contributed by atoms with Crippen molar-refractivity contribution in [2.45, 2.75) is 51.7 Å². The number of nitrogens with two attached hydrogens (primary N) is 1. The van der Waals surface area contributed by atoms with Gasteiger partial charge in [0.05, 0.1) is 11.7 Å². The minimum Gasteiger partial charge on any atom is -0.490 e. The van der Waals surface area contributed by atoms with E-state index in [1.54, 1.807) is 18.2 Å². The molecule has 178 valence electrons. The predicted molar refractivity (Wildman–Crippen MR) is 124 cm³/mol. The lowest BCUT2D eigenvalue weighted by atomic mass is 9.91. The SMILES string of the molecule is CC(C)Oc1ccc(-c2nc(C3=CCCC4=C3CC[C@H]4NS(=O)(=O)CC(N)=O)no2)cc1C#N. The van der Waals surface area contributed by atoms with Gasteiger partial charge in [0.15, 0.2) is 0 Å². The van der Waals surface area contributed by atoms with E-state index < -0.39 is 21.7 Å². The zero-order chi connectivity index (χ0) is 24.5. The fourth-order valence-corrected chi connectivity index (χ4v) is 5.47. The van der Waals surface area contributed by atoms with Crippen LogP contribution in [0.3, 0.4) is 0 Å². The lowest BCUT2D eigenvalue weighted by Crippen LogP contribution is -2.39. The highest BCUT2D eigenvalue weighted by atomic mass is 32.2. The smallest absolute Gasteiger partial charge is 0.258 e. The van der Waals surface area contributed by atoms with Gasteiger partial charge in [-0.05, 0) is 68.9 Å². The van der Waals surface area contributed by atoms with E-state index in [-0.39, 0.29) is 18.0 Å². The van der Waals surface area contributed by atoms with Crippen LogP contribution >= 0.6 is 0 Å². The van der Waals surface area contributed by atoms with Crippen molar-refractivity contribution < 1.29 is 22.5 Å². The van der Waals surface area contributed by atoms with Crippen molar-refractivity contribution >= 4 is 21.5 Å². The number of hydrogen-bond acceptors (Lipinski definition) is 8. The molecule has 0 bridgehead atoms. The Morgan fingerprint density at radius 3 is 2.88 bits per heavy atom. The Morgan fingerprint density at radius 2 is 2.18 bits per heavy atom. The Kier molecular flexibility index (Phi) is 6.54. The largest absolute Gasteiger partial charge is 0.490 e. The number of nitriles is 1. The maximum absolute atomic E-state index is 12.2. The fourth-order valence-electron chi connectivity index (χ4n) is 4.32. The first kappa shape index (κ1) is 23.7. The van der Waals surface area contributed by atoms with Gasteiger partial charge in [0, 0.05) is 17.2 Å². The number of hydrogen-bond donors (Lipinski definition) is 2. The maximum atomic E-state index is 12.2. The number of sulfonamides is 1. The van der Waals surface area contributed by atoms with Gasteiger partial charge in [0.1, 0.15) is 17.6 Å². The molecule has 10 nitrogen and oxygen atoms in total. The highest BCUT2D eigenvalue weighted by Gasteiger charge is 2.33. The Labute approximate surface area is 197 Å². The summed E-state index contributed by atoms with van der Waals surface area (Å²) in [6.45, 7) is 3.77. The minimum absolute atomic E-state index is 0.0656. The lowest BCUT2D eigenvalue weighted by molar-refractivity contribution is -0.115. The second-order valence-electron chi connectivity index (χ2n) is 8.51. The minimum atomic E-state index is -3.81. The van der Waals surface area contributed by atoms with E-state index >= 15 is 0 Å². The van der Waals surface area contributed by atoms with E-state index in [1.807, 2.05) is 19.9 Å². The summed E-state index contributed by atoms with van der Waals surface area (Å²) in [6.07, 6.45) is 4.59. The van der Waals surface area contributed by atoms with Crippen molar-refractivity contribution in [2.75, 3.05) is 5.75 Å². The predicted octanol–water partition coefficient (Wildman–Crippen LogP) is 2.44. The number of rotatable bonds is 8. The topological polar surface area (TPSA) is 161 Å². The number of benzene rings is 1. The average Bonchev–Trinajstić information content (AvgIpc) is 3.40. The number of carbonyl (C=O) groups is 1. The number of amides is 1. The van der Waals surface area contributed by atoms with Crippen molar-refractivity contribution in [1.82, 2.24) is 14.9 Å². The van der Waals surface area contributed by atoms with E-state index in [9.17, 15) is 18.5 Å². The van der Waals surface area contributed by atoms with Gasteiger partial charge in [-0.1, -0.05) is 11.2 Å². The van der Waals surface area contributed by atoms with Crippen LogP contribution in [0.4, 0.5) is 0 Å². The molecule has 1 aromatic heterocycles. The van der Waals surface area contributed by atoms with E-state index in [4.69, 9.17) is 15.0 Å². The van der Waals surface area contributed by atoms with Gasteiger partial charge < -0.3 is 15.0 Å². The highest BCUT2D eigenvalue weighted by Crippen LogP contribution is 2.42. The first-order valence-electron chi connectivity index (χ1n) is 10.9. The second kappa shape index (κ2) is 9.40. The Bertz CT molecular complexity index is 1330. The average molecular weight is 484 g/mol. The molecule has 0 fully saturated rings. The molecule has 0 saturated heterocycles. The van der Waals surface area contributed by atoms with Crippen molar-refractivity contribution in [2.24, 2.45) is 5.73 Å². The van der Waals surface area contributed by atoms with Crippen LogP contribution in [0, 0.1) is 11.3 Å². The van der Waals surface area contributed by atoms with Crippen LogP contribution in [0.1, 0.15) is 50.9 Å². The summed E-state index contributed by atoms with van der Waals surface area (Å²) in [4.78, 5) is 15.6. The third-order valence-corrected chi connectivity index (χ3v) is 6.92. The standard InChI is InChI=1S/C23H25N5O5S/c1-13(2)32-20-9-6-14(10-15(20)11-24)23-26-22(27-33-23)18-5-3-4-17-16(18)7-8-19(17)28-34(30,31)12-21(25)29/h5-6,9-10,13,19,28H,3-4,7-8,12H2,1-2H3,(H2,25,29)/t19-/m1/s1. The summed E-state index contributed by atoms with van der Waals surface area (Å²) in [6, 6.07) is 6.85. The third-order valence-electron chi connectivity index (χ3n) is 5.61. The van der Waals surface area contributed by atoms with E-state index in [1.165, 1.54) is 0 Å². The molecule has 4 rings (SSSR count). The Hall–Kier alpha value is -3.49. The van der Waals surface area contributed by atoms with Gasteiger partial charge in [-0.25, -0.2) is 13.1 Å². The van der Waals surface area contributed by atoms with Crippen LogP contribution in [-0.2, 0) is 14.8 Å². The van der Waals surface area contributed by atoms with Crippen LogP contribution < -0.4 is 15.2 Å². The molecule has 34 heavy (non-hydrogen) atoms. The molecule has 2 aliphatic carbocycles. The summed E-state index contributed by atoms with van der Waals surface area (Å²) >= 11 is 0. The molecule has 1 aromatic carbocycles. The molecule has 2 aliphatic rings. The number of nitrogens with zero attached hydrogens (tertiary/aromatic N) is 3. The second-order valence-corrected chi connectivity index (χ2v) is 10.3. The zero-order valence-electron chi connectivity index (χ0n) is 18.9. The number of primary amides is 1. The number of allylic oxidation sites excluding steroid dienone is 3. The van der Waals surface area contributed by atoms with Gasteiger partial charge in [-0.3, -0.25) is 4.79 Å². The van der Waals surface area contributed by atoms with E-state index in [0.29, 0.717) is 48.4 Å². The zero-order valence-corrected chi connectivity index (χ0v) is 19.7. The van der Waals surface area contributed by atoms with Crippen molar-refractivity contribution in [3.8, 4) is 23.3 Å². The first-order valence-corrected chi connectivity index (χ1v) is 12.6. The molecule has 0 radical (unpaired) electrons. The van der Waals surface area contributed by atoms with Crippen LogP contribution in [0.5, 0.6) is 5.75 Å². The third kappa shape index (κ3) is 5.03. The number of carbonyl (C=O) groups excluding carboxylic acids is 1. The molecule has 0 saturated carbocycles. The molecule has 3 N–H and O–H groups in total. The van der Waals surface area contributed by atoms with Crippen LogP contribution in [0.25, 0.3) is 17.0 Å². The molecule has 11 heteroatoms. The normalized spacial score (nSPS) is 17.9.